The van der Waals surface area contributed by atoms with E-state index in [1.807, 2.05) is 30.8 Å². The van der Waals surface area contributed by atoms with Crippen LogP contribution in [-0.2, 0) is 0 Å². The van der Waals surface area contributed by atoms with E-state index in [4.69, 9.17) is 5.73 Å². The summed E-state index contributed by atoms with van der Waals surface area (Å²) in [5, 5.41) is 1.09. The molecule has 0 bridgehead atoms. The number of rotatable bonds is 2. The van der Waals surface area contributed by atoms with Gasteiger partial charge in [-0.25, -0.2) is 4.39 Å². The van der Waals surface area contributed by atoms with Crippen LogP contribution in [0.5, 0.6) is 0 Å². The molecule has 1 aliphatic rings. The number of thioether (sulfide) groups is 1. The van der Waals surface area contributed by atoms with Crippen molar-refractivity contribution < 1.29 is 4.39 Å². The first-order valence-electron chi connectivity index (χ1n) is 6.43. The van der Waals surface area contributed by atoms with Crippen LogP contribution in [0, 0.1) is 5.82 Å². The minimum Gasteiger partial charge on any atom is -0.367 e. The highest BCUT2D eigenvalue weighted by Crippen LogP contribution is 2.30. The molecule has 2 rings (SSSR count). The molecule has 2 unspecified atom stereocenters. The van der Waals surface area contributed by atoms with Crippen molar-refractivity contribution in [1.29, 1.82) is 0 Å². The van der Waals surface area contributed by atoms with Gasteiger partial charge in [0, 0.05) is 29.6 Å². The van der Waals surface area contributed by atoms with Crippen LogP contribution in [0.4, 0.5) is 10.1 Å². The van der Waals surface area contributed by atoms with Crippen LogP contribution >= 0.6 is 11.8 Å². The highest BCUT2D eigenvalue weighted by atomic mass is 32.2. The van der Waals surface area contributed by atoms with Gasteiger partial charge in [-0.15, -0.1) is 0 Å². The van der Waals surface area contributed by atoms with Crippen LogP contribution in [0.2, 0.25) is 0 Å². The van der Waals surface area contributed by atoms with Gasteiger partial charge in [0.1, 0.15) is 5.82 Å². The van der Waals surface area contributed by atoms with Gasteiger partial charge in [-0.2, -0.15) is 11.8 Å². The summed E-state index contributed by atoms with van der Waals surface area (Å²) >= 11 is 1.97. The maximum atomic E-state index is 14.1. The van der Waals surface area contributed by atoms with Crippen molar-refractivity contribution in [3.8, 4) is 0 Å². The average molecular weight is 268 g/mol. The minimum atomic E-state index is -0.156. The van der Waals surface area contributed by atoms with E-state index in [0.717, 1.165) is 18.7 Å². The van der Waals surface area contributed by atoms with Gasteiger partial charge >= 0.3 is 0 Å². The molecular weight excluding hydrogens is 247 g/mol. The lowest BCUT2D eigenvalue weighted by Crippen LogP contribution is -2.40. The van der Waals surface area contributed by atoms with Crippen molar-refractivity contribution in [3.63, 3.8) is 0 Å². The molecule has 1 heterocycles. The van der Waals surface area contributed by atoms with Crippen molar-refractivity contribution in [3.05, 3.63) is 29.6 Å². The number of hydrogen-bond donors (Lipinski definition) is 1. The van der Waals surface area contributed by atoms with Crippen molar-refractivity contribution in [2.24, 2.45) is 5.73 Å². The van der Waals surface area contributed by atoms with Crippen LogP contribution in [0.1, 0.15) is 32.4 Å². The largest absolute Gasteiger partial charge is 0.367 e. The molecule has 4 heteroatoms. The number of benzene rings is 1. The van der Waals surface area contributed by atoms with Gasteiger partial charge in [-0.1, -0.05) is 19.9 Å². The molecule has 1 aliphatic heterocycles. The molecule has 3 atom stereocenters. The predicted octanol–water partition coefficient (Wildman–Crippen LogP) is 3.18. The molecule has 0 saturated carbocycles. The maximum absolute atomic E-state index is 14.1. The number of nitrogens with two attached hydrogens (primary N) is 1. The molecule has 100 valence electrons. The molecule has 1 aromatic carbocycles. The Morgan fingerprint density at radius 2 is 1.94 bits per heavy atom. The van der Waals surface area contributed by atoms with E-state index < -0.39 is 0 Å². The van der Waals surface area contributed by atoms with Crippen molar-refractivity contribution in [1.82, 2.24) is 0 Å². The summed E-state index contributed by atoms with van der Waals surface area (Å²) in [7, 11) is 0. The van der Waals surface area contributed by atoms with E-state index in [9.17, 15) is 4.39 Å². The standard InChI is InChI=1S/C14H21FN2S/c1-9-7-17(8-10(2)18-9)14-5-4-12(11(3)16)6-13(14)15/h4-6,9-11H,7-8,16H2,1-3H3/t9?,10?,11-/m0/s1. The predicted molar refractivity (Wildman–Crippen MR) is 77.7 cm³/mol. The van der Waals surface area contributed by atoms with Crippen molar-refractivity contribution in [2.45, 2.75) is 37.3 Å². The average Bonchev–Trinajstić information content (AvgIpc) is 2.27. The Hall–Kier alpha value is -0.740. The highest BCUT2D eigenvalue weighted by molar-refractivity contribution is 8.00. The molecular formula is C14H21FN2S. The lowest BCUT2D eigenvalue weighted by Gasteiger charge is -2.36. The third-order valence-corrected chi connectivity index (χ3v) is 4.49. The summed E-state index contributed by atoms with van der Waals surface area (Å²) in [6.45, 7) is 8.08. The summed E-state index contributed by atoms with van der Waals surface area (Å²) in [5.41, 5.74) is 7.33. The van der Waals surface area contributed by atoms with Crippen LogP contribution in [0.3, 0.4) is 0 Å². The van der Waals surface area contributed by atoms with E-state index >= 15 is 0 Å². The van der Waals surface area contributed by atoms with E-state index in [0.29, 0.717) is 16.2 Å². The minimum absolute atomic E-state index is 0.122. The Morgan fingerprint density at radius 3 is 2.44 bits per heavy atom. The van der Waals surface area contributed by atoms with E-state index in [-0.39, 0.29) is 11.9 Å². The van der Waals surface area contributed by atoms with Gasteiger partial charge in [0.25, 0.3) is 0 Å². The van der Waals surface area contributed by atoms with Crippen LogP contribution in [0.25, 0.3) is 0 Å². The fraction of sp³-hybridized carbons (Fsp3) is 0.571. The SMILES string of the molecule is CC1CN(c2ccc([C@H](C)N)cc2F)CC(C)S1. The number of hydrogen-bond acceptors (Lipinski definition) is 3. The summed E-state index contributed by atoms with van der Waals surface area (Å²) in [6, 6.07) is 5.24. The maximum Gasteiger partial charge on any atom is 0.146 e. The normalized spacial score (nSPS) is 26.2. The van der Waals surface area contributed by atoms with Gasteiger partial charge in [0.2, 0.25) is 0 Å². The topological polar surface area (TPSA) is 29.3 Å². The second-order valence-electron chi connectivity index (χ2n) is 5.16. The molecule has 0 radical (unpaired) electrons. The van der Waals surface area contributed by atoms with E-state index in [2.05, 4.69) is 18.7 Å². The quantitative estimate of drug-likeness (QED) is 0.893. The molecule has 0 spiro atoms. The molecule has 0 aliphatic carbocycles. The first-order valence-corrected chi connectivity index (χ1v) is 7.37. The van der Waals surface area contributed by atoms with Crippen molar-refractivity contribution in [2.75, 3.05) is 18.0 Å². The Labute approximate surface area is 113 Å². The zero-order valence-corrected chi connectivity index (χ0v) is 12.0. The summed E-state index contributed by atoms with van der Waals surface area (Å²) < 4.78 is 14.1. The van der Waals surface area contributed by atoms with Gasteiger partial charge in [-0.3, -0.25) is 0 Å². The summed E-state index contributed by atoms with van der Waals surface area (Å²) in [4.78, 5) is 2.14. The monoisotopic (exact) mass is 268 g/mol. The lowest BCUT2D eigenvalue weighted by atomic mass is 10.1. The second kappa shape index (κ2) is 5.49. The molecule has 1 fully saturated rings. The fourth-order valence-corrected chi connectivity index (χ4v) is 3.76. The summed E-state index contributed by atoms with van der Waals surface area (Å²) in [5.74, 6) is -0.156. The Balaban J connectivity index is 2.22. The van der Waals surface area contributed by atoms with Gasteiger partial charge < -0.3 is 10.6 Å². The lowest BCUT2D eigenvalue weighted by molar-refractivity contribution is 0.607. The Morgan fingerprint density at radius 1 is 1.33 bits per heavy atom. The summed E-state index contributed by atoms with van der Waals surface area (Å²) in [6.07, 6.45) is 0. The molecule has 0 aromatic heterocycles. The molecule has 2 nitrogen and oxygen atoms in total. The highest BCUT2D eigenvalue weighted by Gasteiger charge is 2.24. The zero-order valence-electron chi connectivity index (χ0n) is 11.2. The molecule has 2 N–H and O–H groups in total. The van der Waals surface area contributed by atoms with Gasteiger partial charge in [-0.05, 0) is 24.6 Å². The molecule has 0 amide bonds. The number of halogens is 1. The van der Waals surface area contributed by atoms with E-state index in [1.165, 1.54) is 0 Å². The Bertz CT molecular complexity index is 412. The number of anilines is 1. The van der Waals surface area contributed by atoms with Crippen LogP contribution < -0.4 is 10.6 Å². The zero-order chi connectivity index (χ0) is 13.3. The van der Waals surface area contributed by atoms with E-state index in [1.54, 1.807) is 6.07 Å². The van der Waals surface area contributed by atoms with Crippen LogP contribution in [0.15, 0.2) is 18.2 Å². The smallest absolute Gasteiger partial charge is 0.146 e. The third kappa shape index (κ3) is 2.98. The van der Waals surface area contributed by atoms with Gasteiger partial charge in [0.15, 0.2) is 0 Å². The van der Waals surface area contributed by atoms with Gasteiger partial charge in [0.05, 0.1) is 5.69 Å². The molecule has 18 heavy (non-hydrogen) atoms. The Kier molecular flexibility index (Phi) is 4.17. The second-order valence-corrected chi connectivity index (χ2v) is 7.04. The van der Waals surface area contributed by atoms with Crippen molar-refractivity contribution >= 4 is 17.4 Å². The van der Waals surface area contributed by atoms with Crippen LogP contribution in [-0.4, -0.2) is 23.6 Å². The molecule has 1 aromatic rings. The molecule has 1 saturated heterocycles. The first-order chi connectivity index (χ1) is 8.47. The fourth-order valence-electron chi connectivity index (χ4n) is 2.44. The number of nitrogens with zero attached hydrogens (tertiary/aromatic N) is 1. The first kappa shape index (κ1) is 13.7. The third-order valence-electron chi connectivity index (χ3n) is 3.26.